The number of fused-ring (bicyclic) bond motifs is 1. The van der Waals surface area contributed by atoms with Gasteiger partial charge in [-0.3, -0.25) is 9.48 Å². The monoisotopic (exact) mass is 299 g/mol. The van der Waals surface area contributed by atoms with Crippen LogP contribution >= 0.6 is 0 Å². The molecular weight excluding hydrogens is 278 g/mol. The summed E-state index contributed by atoms with van der Waals surface area (Å²) in [6.07, 6.45) is 1.62. The Labute approximate surface area is 130 Å². The number of hydrogen-bond donors (Lipinski definition) is 1. The molecule has 5 nitrogen and oxygen atoms in total. The summed E-state index contributed by atoms with van der Waals surface area (Å²) >= 11 is 0. The highest BCUT2D eigenvalue weighted by Gasteiger charge is 2.28. The predicted molar refractivity (Wildman–Crippen MR) is 83.8 cm³/mol. The molecular formula is C17H21N3O2. The molecule has 0 spiro atoms. The number of amides is 1. The molecule has 1 aliphatic rings. The number of carbonyl (C=O) groups is 1. The largest absolute Gasteiger partial charge is 0.393 e. The Kier molecular flexibility index (Phi) is 3.98. The van der Waals surface area contributed by atoms with Crippen molar-refractivity contribution >= 4 is 5.91 Å². The second-order valence-corrected chi connectivity index (χ2v) is 6.01. The maximum atomic E-state index is 12.4. The fourth-order valence-electron chi connectivity index (χ4n) is 2.94. The summed E-state index contributed by atoms with van der Waals surface area (Å²) in [5.41, 5.74) is 3.63. The van der Waals surface area contributed by atoms with Gasteiger partial charge in [0.15, 0.2) is 5.69 Å². The minimum Gasteiger partial charge on any atom is -0.393 e. The smallest absolute Gasteiger partial charge is 0.274 e. The molecule has 1 N–H and O–H groups in total. The molecule has 0 radical (unpaired) electrons. The first kappa shape index (κ1) is 14.8. The highest BCUT2D eigenvalue weighted by atomic mass is 16.3. The van der Waals surface area contributed by atoms with Gasteiger partial charge in [0.1, 0.15) is 0 Å². The molecule has 0 aliphatic heterocycles. The van der Waals surface area contributed by atoms with Gasteiger partial charge in [0, 0.05) is 31.8 Å². The SMILES string of the molecule is CN(C)C(=O)c1nn(Cc2ccccc2)c2c1CC(O)CC2. The number of benzene rings is 1. The van der Waals surface area contributed by atoms with Gasteiger partial charge in [0.2, 0.25) is 0 Å². The van der Waals surface area contributed by atoms with Crippen LogP contribution < -0.4 is 0 Å². The van der Waals surface area contributed by atoms with Crippen molar-refractivity contribution < 1.29 is 9.90 Å². The molecule has 22 heavy (non-hydrogen) atoms. The molecule has 5 heteroatoms. The number of aromatic nitrogens is 2. The van der Waals surface area contributed by atoms with Crippen molar-refractivity contribution in [3.05, 3.63) is 52.8 Å². The molecule has 1 heterocycles. The predicted octanol–water partition coefficient (Wildman–Crippen LogP) is 1.48. The summed E-state index contributed by atoms with van der Waals surface area (Å²) in [5, 5.41) is 14.5. The summed E-state index contributed by atoms with van der Waals surface area (Å²) < 4.78 is 1.92. The van der Waals surface area contributed by atoms with Crippen molar-refractivity contribution in [1.29, 1.82) is 0 Å². The molecule has 2 aromatic rings. The van der Waals surface area contributed by atoms with Gasteiger partial charge in [0.05, 0.1) is 12.6 Å². The van der Waals surface area contributed by atoms with E-state index in [1.54, 1.807) is 14.1 Å². The van der Waals surface area contributed by atoms with E-state index >= 15 is 0 Å². The summed E-state index contributed by atoms with van der Waals surface area (Å²) in [4.78, 5) is 13.9. The summed E-state index contributed by atoms with van der Waals surface area (Å²) in [6, 6.07) is 10.1. The van der Waals surface area contributed by atoms with Crippen LogP contribution in [0.4, 0.5) is 0 Å². The molecule has 1 aromatic carbocycles. The Morgan fingerprint density at radius 2 is 2.09 bits per heavy atom. The second kappa shape index (κ2) is 5.93. The molecule has 0 bridgehead atoms. The van der Waals surface area contributed by atoms with E-state index in [-0.39, 0.29) is 12.0 Å². The van der Waals surface area contributed by atoms with Crippen LogP contribution in [-0.2, 0) is 19.4 Å². The highest BCUT2D eigenvalue weighted by molar-refractivity contribution is 5.93. The van der Waals surface area contributed by atoms with Gasteiger partial charge < -0.3 is 10.0 Å². The maximum absolute atomic E-state index is 12.4. The quantitative estimate of drug-likeness (QED) is 0.934. The van der Waals surface area contributed by atoms with Crippen molar-refractivity contribution in [2.75, 3.05) is 14.1 Å². The first-order valence-electron chi connectivity index (χ1n) is 7.58. The lowest BCUT2D eigenvalue weighted by Crippen LogP contribution is -2.25. The van der Waals surface area contributed by atoms with Crippen molar-refractivity contribution in [3.63, 3.8) is 0 Å². The Morgan fingerprint density at radius 3 is 2.77 bits per heavy atom. The highest BCUT2D eigenvalue weighted by Crippen LogP contribution is 2.26. The third-order valence-electron chi connectivity index (χ3n) is 4.10. The number of hydrogen-bond acceptors (Lipinski definition) is 3. The fraction of sp³-hybridized carbons (Fsp3) is 0.412. The first-order chi connectivity index (χ1) is 10.6. The third kappa shape index (κ3) is 2.76. The van der Waals surface area contributed by atoms with Gasteiger partial charge in [-0.1, -0.05) is 30.3 Å². The zero-order valence-electron chi connectivity index (χ0n) is 13.0. The fourth-order valence-corrected chi connectivity index (χ4v) is 2.94. The first-order valence-corrected chi connectivity index (χ1v) is 7.58. The Balaban J connectivity index is 2.00. The van der Waals surface area contributed by atoms with Gasteiger partial charge in [-0.25, -0.2) is 0 Å². The molecule has 0 fully saturated rings. The van der Waals surface area contributed by atoms with E-state index in [1.165, 1.54) is 4.90 Å². The average molecular weight is 299 g/mol. The van der Waals surface area contributed by atoms with E-state index in [9.17, 15) is 9.90 Å². The molecule has 1 amide bonds. The van der Waals surface area contributed by atoms with Crippen LogP contribution in [0.2, 0.25) is 0 Å². The van der Waals surface area contributed by atoms with Crippen LogP contribution in [-0.4, -0.2) is 45.9 Å². The van der Waals surface area contributed by atoms with Crippen LogP contribution in [0, 0.1) is 0 Å². The van der Waals surface area contributed by atoms with E-state index in [0.717, 1.165) is 29.7 Å². The van der Waals surface area contributed by atoms with E-state index in [0.29, 0.717) is 18.7 Å². The zero-order valence-corrected chi connectivity index (χ0v) is 13.0. The topological polar surface area (TPSA) is 58.4 Å². The number of aliphatic hydroxyl groups is 1. The molecule has 3 rings (SSSR count). The van der Waals surface area contributed by atoms with Crippen LogP contribution in [0.1, 0.15) is 33.7 Å². The van der Waals surface area contributed by atoms with Gasteiger partial charge in [-0.2, -0.15) is 5.10 Å². The van der Waals surface area contributed by atoms with Crippen molar-refractivity contribution in [3.8, 4) is 0 Å². The lowest BCUT2D eigenvalue weighted by molar-refractivity contribution is 0.0818. The van der Waals surface area contributed by atoms with E-state index in [2.05, 4.69) is 17.2 Å². The van der Waals surface area contributed by atoms with Gasteiger partial charge in [-0.15, -0.1) is 0 Å². The number of aliphatic hydroxyl groups excluding tert-OH is 1. The summed E-state index contributed by atoms with van der Waals surface area (Å²) in [6.45, 7) is 0.653. The second-order valence-electron chi connectivity index (χ2n) is 6.01. The summed E-state index contributed by atoms with van der Waals surface area (Å²) in [7, 11) is 3.45. The zero-order chi connectivity index (χ0) is 15.7. The minimum atomic E-state index is -0.379. The number of carbonyl (C=O) groups excluding carboxylic acids is 1. The van der Waals surface area contributed by atoms with Crippen LogP contribution in [0.25, 0.3) is 0 Å². The lowest BCUT2D eigenvalue weighted by Gasteiger charge is -2.19. The van der Waals surface area contributed by atoms with Crippen LogP contribution in [0.3, 0.4) is 0 Å². The molecule has 1 atom stereocenters. The molecule has 116 valence electrons. The standard InChI is InChI=1S/C17H21N3O2/c1-19(2)17(22)16-14-10-13(21)8-9-15(14)20(18-16)11-12-6-4-3-5-7-12/h3-7,13,21H,8-11H2,1-2H3. The molecule has 0 saturated heterocycles. The minimum absolute atomic E-state index is 0.0999. The summed E-state index contributed by atoms with van der Waals surface area (Å²) in [5.74, 6) is -0.0999. The maximum Gasteiger partial charge on any atom is 0.274 e. The van der Waals surface area contributed by atoms with Crippen molar-refractivity contribution in [2.45, 2.75) is 31.9 Å². The van der Waals surface area contributed by atoms with Crippen molar-refractivity contribution in [2.24, 2.45) is 0 Å². The van der Waals surface area contributed by atoms with Gasteiger partial charge >= 0.3 is 0 Å². The van der Waals surface area contributed by atoms with E-state index in [4.69, 9.17) is 0 Å². The molecule has 1 aromatic heterocycles. The molecule has 1 aliphatic carbocycles. The average Bonchev–Trinajstić information content (AvgIpc) is 2.85. The molecule has 0 saturated carbocycles. The normalized spacial score (nSPS) is 17.1. The Bertz CT molecular complexity index is 677. The Morgan fingerprint density at radius 1 is 1.36 bits per heavy atom. The van der Waals surface area contributed by atoms with E-state index < -0.39 is 0 Å². The number of rotatable bonds is 3. The van der Waals surface area contributed by atoms with E-state index in [1.807, 2.05) is 22.9 Å². The van der Waals surface area contributed by atoms with Crippen LogP contribution in [0.15, 0.2) is 30.3 Å². The lowest BCUT2D eigenvalue weighted by atomic mass is 9.93. The van der Waals surface area contributed by atoms with Crippen molar-refractivity contribution in [1.82, 2.24) is 14.7 Å². The molecule has 1 unspecified atom stereocenters. The van der Waals surface area contributed by atoms with Gasteiger partial charge in [-0.05, 0) is 18.4 Å². The number of nitrogens with zero attached hydrogens (tertiary/aromatic N) is 3. The third-order valence-corrected chi connectivity index (χ3v) is 4.10. The van der Waals surface area contributed by atoms with Gasteiger partial charge in [0.25, 0.3) is 5.91 Å². The Hall–Kier alpha value is -2.14. The van der Waals surface area contributed by atoms with Crippen LogP contribution in [0.5, 0.6) is 0 Å².